The maximum atomic E-state index is 12.8. The summed E-state index contributed by atoms with van der Waals surface area (Å²) >= 11 is 0. The fourth-order valence-corrected chi connectivity index (χ4v) is 5.44. The zero-order valence-electron chi connectivity index (χ0n) is 19.1. The highest BCUT2D eigenvalue weighted by molar-refractivity contribution is 7.89. The van der Waals surface area contributed by atoms with E-state index in [1.165, 1.54) is 23.5 Å². The maximum Gasteiger partial charge on any atom is 0.324 e. The van der Waals surface area contributed by atoms with Gasteiger partial charge in [0.15, 0.2) is 0 Å². The largest absolute Gasteiger partial charge is 0.489 e. The molecule has 0 saturated carbocycles. The third kappa shape index (κ3) is 7.00. The van der Waals surface area contributed by atoms with Crippen LogP contribution in [0.2, 0.25) is 0 Å². The van der Waals surface area contributed by atoms with Crippen LogP contribution < -0.4 is 9.46 Å². The topological polar surface area (TPSA) is 122 Å². The maximum absolute atomic E-state index is 12.8. The molecule has 0 unspecified atom stereocenters. The summed E-state index contributed by atoms with van der Waals surface area (Å²) in [6.07, 6.45) is 1.13. The zero-order valence-corrected chi connectivity index (χ0v) is 20.7. The summed E-state index contributed by atoms with van der Waals surface area (Å²) in [6.45, 7) is 1.13. The van der Waals surface area contributed by atoms with Crippen LogP contribution in [0, 0.1) is 0 Å². The molecule has 10 nitrogen and oxygen atoms in total. The van der Waals surface area contributed by atoms with Gasteiger partial charge < -0.3 is 9.47 Å². The number of sulfonamides is 2. The normalized spacial score (nSPS) is 16.6. The third-order valence-corrected chi connectivity index (χ3v) is 8.25. The van der Waals surface area contributed by atoms with E-state index in [4.69, 9.17) is 9.47 Å². The van der Waals surface area contributed by atoms with Gasteiger partial charge in [0.25, 0.3) is 0 Å². The number of methoxy groups -OCH3 is 1. The molecule has 1 fully saturated rings. The Hall–Kier alpha value is -2.51. The number of carbonyl (C=O) groups is 1. The molecule has 1 heterocycles. The Morgan fingerprint density at radius 2 is 1.59 bits per heavy atom. The first kappa shape index (κ1) is 26.1. The van der Waals surface area contributed by atoms with Crippen molar-refractivity contribution in [2.24, 2.45) is 0 Å². The SMILES string of the molecule is COC(=O)[C@@H](CNS(=O)(=O)c1ccc(OCc2ccccc2)cc1)N1CCN(S(C)(=O)=O)CC1. The number of hydrogen-bond donors (Lipinski definition) is 1. The summed E-state index contributed by atoms with van der Waals surface area (Å²) in [6, 6.07) is 14.7. The van der Waals surface area contributed by atoms with E-state index in [1.54, 1.807) is 17.0 Å². The van der Waals surface area contributed by atoms with E-state index in [2.05, 4.69) is 4.72 Å². The molecule has 1 aliphatic rings. The van der Waals surface area contributed by atoms with Gasteiger partial charge in [0, 0.05) is 32.7 Å². The van der Waals surface area contributed by atoms with E-state index in [9.17, 15) is 21.6 Å². The van der Waals surface area contributed by atoms with Gasteiger partial charge in [0.1, 0.15) is 18.4 Å². The van der Waals surface area contributed by atoms with Crippen molar-refractivity contribution in [2.75, 3.05) is 46.1 Å². The Morgan fingerprint density at radius 1 is 0.971 bits per heavy atom. The van der Waals surface area contributed by atoms with Crippen molar-refractivity contribution in [1.29, 1.82) is 0 Å². The lowest BCUT2D eigenvalue weighted by molar-refractivity contribution is -0.147. The molecule has 1 atom stereocenters. The second-order valence-corrected chi connectivity index (χ2v) is 11.6. The van der Waals surface area contributed by atoms with Crippen molar-refractivity contribution in [3.05, 3.63) is 60.2 Å². The fourth-order valence-electron chi connectivity index (χ4n) is 3.57. The Morgan fingerprint density at radius 3 is 2.15 bits per heavy atom. The van der Waals surface area contributed by atoms with Crippen LogP contribution in [-0.4, -0.2) is 84.1 Å². The minimum Gasteiger partial charge on any atom is -0.489 e. The molecule has 1 N–H and O–H groups in total. The van der Waals surface area contributed by atoms with Crippen molar-refractivity contribution in [3.8, 4) is 5.75 Å². The highest BCUT2D eigenvalue weighted by atomic mass is 32.2. The van der Waals surface area contributed by atoms with Crippen LogP contribution in [0.15, 0.2) is 59.5 Å². The van der Waals surface area contributed by atoms with Gasteiger partial charge in [-0.15, -0.1) is 0 Å². The van der Waals surface area contributed by atoms with Crippen LogP contribution in [-0.2, 0) is 36.2 Å². The molecule has 0 spiro atoms. The highest BCUT2D eigenvalue weighted by Crippen LogP contribution is 2.18. The first-order valence-corrected chi connectivity index (χ1v) is 14.0. The molecule has 1 aliphatic heterocycles. The molecule has 0 bridgehead atoms. The van der Waals surface area contributed by atoms with Crippen LogP contribution in [0.3, 0.4) is 0 Å². The molecular formula is C22H29N3O7S2. The minimum atomic E-state index is -3.90. The molecule has 186 valence electrons. The molecule has 3 rings (SSSR count). The highest BCUT2D eigenvalue weighted by Gasteiger charge is 2.33. The predicted octanol–water partition coefficient (Wildman–Crippen LogP) is 0.663. The van der Waals surface area contributed by atoms with Gasteiger partial charge in [-0.1, -0.05) is 30.3 Å². The van der Waals surface area contributed by atoms with E-state index in [1.807, 2.05) is 30.3 Å². The standard InChI is InChI=1S/C22H29N3O7S2/c1-31-22(26)21(24-12-14-25(15-13-24)33(2,27)28)16-23-34(29,30)20-10-8-19(9-11-20)32-17-18-6-4-3-5-7-18/h3-11,21,23H,12-17H2,1-2H3/t21-/m1/s1. The first-order chi connectivity index (χ1) is 16.1. The van der Waals surface area contributed by atoms with Gasteiger partial charge in [0.05, 0.1) is 18.3 Å². The van der Waals surface area contributed by atoms with Crippen LogP contribution in [0.1, 0.15) is 5.56 Å². The first-order valence-electron chi connectivity index (χ1n) is 10.6. The molecule has 0 radical (unpaired) electrons. The molecule has 12 heteroatoms. The summed E-state index contributed by atoms with van der Waals surface area (Å²) in [4.78, 5) is 14.1. The summed E-state index contributed by atoms with van der Waals surface area (Å²) in [5.74, 6) is -0.0702. The number of carbonyl (C=O) groups excluding carboxylic acids is 1. The number of rotatable bonds is 10. The summed E-state index contributed by atoms with van der Waals surface area (Å²) in [7, 11) is -6.00. The van der Waals surface area contributed by atoms with Gasteiger partial charge in [0.2, 0.25) is 20.0 Å². The van der Waals surface area contributed by atoms with Gasteiger partial charge in [-0.05, 0) is 29.8 Å². The van der Waals surface area contributed by atoms with E-state index in [0.29, 0.717) is 12.4 Å². The number of piperazine rings is 1. The zero-order chi connectivity index (χ0) is 24.8. The van der Waals surface area contributed by atoms with Crippen molar-refractivity contribution < 1.29 is 31.1 Å². The summed E-state index contributed by atoms with van der Waals surface area (Å²) < 4.78 is 63.3. The smallest absolute Gasteiger partial charge is 0.324 e. The third-order valence-electron chi connectivity index (χ3n) is 5.51. The van der Waals surface area contributed by atoms with Gasteiger partial charge in [-0.25, -0.2) is 21.6 Å². The lowest BCUT2D eigenvalue weighted by Gasteiger charge is -2.36. The molecule has 2 aromatic carbocycles. The Labute approximate surface area is 200 Å². The van der Waals surface area contributed by atoms with E-state index in [0.717, 1.165) is 11.8 Å². The van der Waals surface area contributed by atoms with Crippen LogP contribution in [0.25, 0.3) is 0 Å². The lowest BCUT2D eigenvalue weighted by atomic mass is 10.2. The van der Waals surface area contributed by atoms with E-state index in [-0.39, 0.29) is 37.6 Å². The fraction of sp³-hybridized carbons (Fsp3) is 0.409. The van der Waals surface area contributed by atoms with Crippen molar-refractivity contribution in [1.82, 2.24) is 13.9 Å². The molecule has 0 aliphatic carbocycles. The Balaban J connectivity index is 1.60. The molecule has 0 aromatic heterocycles. The Kier molecular flexibility index (Phi) is 8.66. The average molecular weight is 512 g/mol. The molecular weight excluding hydrogens is 482 g/mol. The molecule has 1 saturated heterocycles. The predicted molar refractivity (Wildman–Crippen MR) is 126 cm³/mol. The monoisotopic (exact) mass is 511 g/mol. The van der Waals surface area contributed by atoms with Gasteiger partial charge in [-0.2, -0.15) is 4.31 Å². The summed E-state index contributed by atoms with van der Waals surface area (Å²) in [5, 5.41) is 0. The molecule has 2 aromatic rings. The van der Waals surface area contributed by atoms with Crippen LogP contribution >= 0.6 is 0 Å². The molecule has 34 heavy (non-hydrogen) atoms. The molecule has 0 amide bonds. The van der Waals surface area contributed by atoms with Gasteiger partial charge >= 0.3 is 5.97 Å². The minimum absolute atomic E-state index is 0.0325. The van der Waals surface area contributed by atoms with E-state index < -0.39 is 32.1 Å². The second kappa shape index (κ2) is 11.3. The lowest BCUT2D eigenvalue weighted by Crippen LogP contribution is -2.56. The summed E-state index contributed by atoms with van der Waals surface area (Å²) in [5.41, 5.74) is 0.993. The Bertz CT molecular complexity index is 1160. The van der Waals surface area contributed by atoms with Crippen molar-refractivity contribution in [2.45, 2.75) is 17.5 Å². The number of hydrogen-bond acceptors (Lipinski definition) is 8. The van der Waals surface area contributed by atoms with Crippen LogP contribution in [0.4, 0.5) is 0 Å². The average Bonchev–Trinajstić information content (AvgIpc) is 2.83. The second-order valence-electron chi connectivity index (χ2n) is 7.83. The van der Waals surface area contributed by atoms with Gasteiger partial charge in [-0.3, -0.25) is 9.69 Å². The van der Waals surface area contributed by atoms with E-state index >= 15 is 0 Å². The number of benzene rings is 2. The van der Waals surface area contributed by atoms with Crippen LogP contribution in [0.5, 0.6) is 5.75 Å². The van der Waals surface area contributed by atoms with Crippen molar-refractivity contribution in [3.63, 3.8) is 0 Å². The number of nitrogens with one attached hydrogen (secondary N) is 1. The quantitative estimate of drug-likeness (QED) is 0.462. The van der Waals surface area contributed by atoms with Crippen molar-refractivity contribution >= 4 is 26.0 Å². The number of esters is 1. The number of ether oxygens (including phenoxy) is 2. The number of nitrogens with zero attached hydrogens (tertiary/aromatic N) is 2.